The van der Waals surface area contributed by atoms with Crippen LogP contribution in [0.3, 0.4) is 0 Å². The van der Waals surface area contributed by atoms with E-state index in [4.69, 9.17) is 27.9 Å². The van der Waals surface area contributed by atoms with Crippen LogP contribution in [0.2, 0.25) is 10.0 Å². The van der Waals surface area contributed by atoms with E-state index in [0.29, 0.717) is 5.69 Å². The molecule has 0 spiro atoms. The molecule has 0 fully saturated rings. The van der Waals surface area contributed by atoms with Gasteiger partial charge in [0.2, 0.25) is 15.9 Å². The lowest BCUT2D eigenvalue weighted by atomic mass is 10.1. The van der Waals surface area contributed by atoms with Crippen molar-refractivity contribution >= 4 is 56.6 Å². The van der Waals surface area contributed by atoms with Crippen molar-refractivity contribution in [2.24, 2.45) is 0 Å². The van der Waals surface area contributed by atoms with Crippen LogP contribution in [-0.2, 0) is 24.3 Å². The molecule has 2 N–H and O–H groups in total. The van der Waals surface area contributed by atoms with E-state index in [-0.39, 0.29) is 26.4 Å². The first-order valence-corrected chi connectivity index (χ1v) is 10.8. The number of carbonyl (C=O) groups is 3. The van der Waals surface area contributed by atoms with Crippen LogP contribution in [0.25, 0.3) is 0 Å². The number of halogens is 2. The number of benzene rings is 2. The zero-order valence-corrected chi connectivity index (χ0v) is 18.3. The van der Waals surface area contributed by atoms with Crippen LogP contribution in [-0.4, -0.2) is 38.7 Å². The molecule has 160 valence electrons. The molecule has 0 heterocycles. The maximum absolute atomic E-state index is 12.4. The fourth-order valence-electron chi connectivity index (χ4n) is 2.28. The molecule has 0 radical (unpaired) electrons. The van der Waals surface area contributed by atoms with Crippen molar-refractivity contribution in [1.29, 1.82) is 0 Å². The Kier molecular flexibility index (Phi) is 7.96. The molecule has 0 bridgehead atoms. The van der Waals surface area contributed by atoms with Gasteiger partial charge in [0.05, 0.1) is 14.9 Å². The largest absolute Gasteiger partial charge is 0.456 e. The summed E-state index contributed by atoms with van der Waals surface area (Å²) in [6.45, 7) is 2.02. The summed E-state index contributed by atoms with van der Waals surface area (Å²) in [5.41, 5.74) is 0.624. The summed E-state index contributed by atoms with van der Waals surface area (Å²) < 4.78 is 31.9. The summed E-state index contributed by atoms with van der Waals surface area (Å²) in [6.07, 6.45) is 0. The van der Waals surface area contributed by atoms with Gasteiger partial charge in [-0.2, -0.15) is 4.72 Å². The third kappa shape index (κ3) is 6.53. The number of ketones is 1. The molecule has 8 nitrogen and oxygen atoms in total. The quantitative estimate of drug-likeness (QED) is 0.450. The van der Waals surface area contributed by atoms with Gasteiger partial charge in [-0.25, -0.2) is 8.42 Å². The first-order valence-electron chi connectivity index (χ1n) is 8.54. The minimum atomic E-state index is -4.03. The number of hydrogen-bond donors (Lipinski definition) is 2. The van der Waals surface area contributed by atoms with Crippen LogP contribution in [0.4, 0.5) is 5.69 Å². The third-order valence-corrected chi connectivity index (χ3v) is 6.05. The van der Waals surface area contributed by atoms with Crippen molar-refractivity contribution in [3.05, 3.63) is 58.1 Å². The van der Waals surface area contributed by atoms with Crippen LogP contribution in [0.15, 0.2) is 47.4 Å². The van der Waals surface area contributed by atoms with E-state index in [1.54, 1.807) is 0 Å². The summed E-state index contributed by atoms with van der Waals surface area (Å²) >= 11 is 11.6. The van der Waals surface area contributed by atoms with Crippen LogP contribution < -0.4 is 10.0 Å². The zero-order valence-electron chi connectivity index (χ0n) is 15.9. The van der Waals surface area contributed by atoms with E-state index in [0.717, 1.165) is 0 Å². The van der Waals surface area contributed by atoms with Gasteiger partial charge in [0.15, 0.2) is 12.4 Å². The van der Waals surface area contributed by atoms with Crippen molar-refractivity contribution < 1.29 is 27.5 Å². The summed E-state index contributed by atoms with van der Waals surface area (Å²) in [5.74, 6) is -1.75. The van der Waals surface area contributed by atoms with Crippen LogP contribution >= 0.6 is 23.2 Å². The Morgan fingerprint density at radius 3 is 2.23 bits per heavy atom. The molecule has 0 aliphatic carbocycles. The Morgan fingerprint density at radius 1 is 1.03 bits per heavy atom. The van der Waals surface area contributed by atoms with Crippen molar-refractivity contribution in [3.8, 4) is 0 Å². The highest BCUT2D eigenvalue weighted by molar-refractivity contribution is 7.89. The van der Waals surface area contributed by atoms with E-state index in [1.165, 1.54) is 56.3 Å². The number of anilines is 1. The lowest BCUT2D eigenvalue weighted by molar-refractivity contribution is -0.144. The molecule has 0 saturated heterocycles. The lowest BCUT2D eigenvalue weighted by Crippen LogP contribution is -2.40. The second-order valence-corrected chi connectivity index (χ2v) is 8.74. The SMILES string of the molecule is CC(=O)Nc1ccc(S(=O)(=O)N[C@@H](C)C(=O)OCC(=O)c2ccc(Cl)c(Cl)c2)cc1. The van der Waals surface area contributed by atoms with E-state index in [1.807, 2.05) is 0 Å². The molecule has 1 atom stereocenters. The lowest BCUT2D eigenvalue weighted by Gasteiger charge is -2.14. The second-order valence-electron chi connectivity index (χ2n) is 6.21. The number of carbonyl (C=O) groups excluding carboxylic acids is 3. The molecule has 11 heteroatoms. The predicted octanol–water partition coefficient (Wildman–Crippen LogP) is 3.04. The normalized spacial score (nSPS) is 12.1. The van der Waals surface area contributed by atoms with Gasteiger partial charge in [0.1, 0.15) is 6.04 Å². The summed E-state index contributed by atoms with van der Waals surface area (Å²) in [4.78, 5) is 35.1. The average Bonchev–Trinajstić information content (AvgIpc) is 2.67. The van der Waals surface area contributed by atoms with Gasteiger partial charge in [-0.05, 0) is 49.4 Å². The molecular formula is C19H18Cl2N2O6S. The third-order valence-electron chi connectivity index (χ3n) is 3.76. The number of nitrogens with one attached hydrogen (secondary N) is 2. The number of sulfonamides is 1. The highest BCUT2D eigenvalue weighted by Gasteiger charge is 2.24. The molecule has 0 aliphatic rings. The fourth-order valence-corrected chi connectivity index (χ4v) is 3.77. The standard InChI is InChI=1S/C19H18Cl2N2O6S/c1-11(19(26)29-10-18(25)13-3-8-16(20)17(21)9-13)23-30(27,28)15-6-4-14(5-7-15)22-12(2)24/h3-9,11,23H,10H2,1-2H3,(H,22,24)/t11-/m0/s1. The van der Waals surface area contributed by atoms with E-state index in [9.17, 15) is 22.8 Å². The van der Waals surface area contributed by atoms with Gasteiger partial charge in [-0.15, -0.1) is 0 Å². The zero-order chi connectivity index (χ0) is 22.5. The smallest absolute Gasteiger partial charge is 0.324 e. The summed E-state index contributed by atoms with van der Waals surface area (Å²) in [7, 11) is -4.03. The highest BCUT2D eigenvalue weighted by atomic mass is 35.5. The maximum atomic E-state index is 12.4. The minimum absolute atomic E-state index is 0.108. The average molecular weight is 473 g/mol. The number of ether oxygens (including phenoxy) is 1. The Bertz CT molecular complexity index is 1070. The van der Waals surface area contributed by atoms with Gasteiger partial charge >= 0.3 is 5.97 Å². The molecule has 1 amide bonds. The number of rotatable bonds is 8. The molecule has 30 heavy (non-hydrogen) atoms. The Hall–Kier alpha value is -2.46. The van der Waals surface area contributed by atoms with Crippen LogP contribution in [0, 0.1) is 0 Å². The van der Waals surface area contributed by atoms with Crippen molar-refractivity contribution in [2.45, 2.75) is 24.8 Å². The van der Waals surface area contributed by atoms with E-state index < -0.39 is 34.4 Å². The maximum Gasteiger partial charge on any atom is 0.324 e. The van der Waals surface area contributed by atoms with Crippen LogP contribution in [0.1, 0.15) is 24.2 Å². The predicted molar refractivity (Wildman–Crippen MR) is 112 cm³/mol. The van der Waals surface area contributed by atoms with Crippen molar-refractivity contribution in [3.63, 3.8) is 0 Å². The highest BCUT2D eigenvalue weighted by Crippen LogP contribution is 2.22. The first-order chi connectivity index (χ1) is 14.0. The summed E-state index contributed by atoms with van der Waals surface area (Å²) in [6, 6.07) is 8.35. The molecular weight excluding hydrogens is 455 g/mol. The van der Waals surface area contributed by atoms with Crippen LogP contribution in [0.5, 0.6) is 0 Å². The minimum Gasteiger partial charge on any atom is -0.456 e. The Labute approximate surface area is 183 Å². The summed E-state index contributed by atoms with van der Waals surface area (Å²) in [5, 5.41) is 2.97. The number of amides is 1. The van der Waals surface area contributed by atoms with Crippen molar-refractivity contribution in [2.75, 3.05) is 11.9 Å². The second kappa shape index (κ2) is 10.0. The van der Waals surface area contributed by atoms with Gasteiger partial charge < -0.3 is 10.1 Å². The fraction of sp³-hybridized carbons (Fsp3) is 0.211. The molecule has 0 saturated carbocycles. The molecule has 0 aromatic heterocycles. The Morgan fingerprint density at radius 2 is 1.67 bits per heavy atom. The molecule has 0 unspecified atom stereocenters. The topological polar surface area (TPSA) is 119 Å². The van der Waals surface area contributed by atoms with Gasteiger partial charge in [0.25, 0.3) is 0 Å². The van der Waals surface area contributed by atoms with Crippen molar-refractivity contribution in [1.82, 2.24) is 4.72 Å². The first kappa shape index (κ1) is 23.8. The molecule has 2 rings (SSSR count). The van der Waals surface area contributed by atoms with Gasteiger partial charge in [0, 0.05) is 18.2 Å². The monoisotopic (exact) mass is 472 g/mol. The van der Waals surface area contributed by atoms with Gasteiger partial charge in [-0.3, -0.25) is 14.4 Å². The van der Waals surface area contributed by atoms with E-state index in [2.05, 4.69) is 10.0 Å². The molecule has 2 aromatic carbocycles. The number of Topliss-reactive ketones (excluding diaryl/α,β-unsaturated/α-hetero) is 1. The number of hydrogen-bond acceptors (Lipinski definition) is 6. The molecule has 0 aliphatic heterocycles. The molecule has 2 aromatic rings. The Balaban J connectivity index is 1.96. The van der Waals surface area contributed by atoms with Gasteiger partial charge in [-0.1, -0.05) is 23.2 Å². The number of esters is 1. The van der Waals surface area contributed by atoms with E-state index >= 15 is 0 Å².